The van der Waals surface area contributed by atoms with Crippen molar-refractivity contribution in [3.05, 3.63) is 29.0 Å². The first-order valence-corrected chi connectivity index (χ1v) is 7.06. The van der Waals surface area contributed by atoms with E-state index in [1.54, 1.807) is 6.07 Å². The van der Waals surface area contributed by atoms with E-state index in [4.69, 9.17) is 11.6 Å². The molecule has 4 heteroatoms. The molecule has 0 atom stereocenters. The highest BCUT2D eigenvalue weighted by Crippen LogP contribution is 2.28. The Labute approximate surface area is 112 Å². The van der Waals surface area contributed by atoms with Crippen LogP contribution in [0.5, 0.6) is 0 Å². The Morgan fingerprint density at radius 1 is 1.11 bits per heavy atom. The highest BCUT2D eigenvalue weighted by atomic mass is 35.5. The lowest BCUT2D eigenvalue weighted by Crippen LogP contribution is -2.52. The first kappa shape index (κ1) is 12.2. The van der Waals surface area contributed by atoms with Crippen molar-refractivity contribution in [2.75, 3.05) is 31.1 Å². The van der Waals surface area contributed by atoms with Crippen LogP contribution in [0.3, 0.4) is 0 Å². The average Bonchev–Trinajstić information content (AvgIpc) is 2.32. The minimum atomic E-state index is -0.339. The van der Waals surface area contributed by atoms with Gasteiger partial charge in [-0.05, 0) is 31.0 Å². The van der Waals surface area contributed by atoms with E-state index in [2.05, 4.69) is 9.80 Å². The maximum absolute atomic E-state index is 13.1. The van der Waals surface area contributed by atoms with Crippen molar-refractivity contribution in [1.29, 1.82) is 0 Å². The van der Waals surface area contributed by atoms with Crippen molar-refractivity contribution in [3.8, 4) is 0 Å². The van der Waals surface area contributed by atoms with Gasteiger partial charge >= 0.3 is 0 Å². The van der Waals surface area contributed by atoms with E-state index in [0.717, 1.165) is 37.9 Å². The van der Waals surface area contributed by atoms with Crippen LogP contribution in [0.15, 0.2) is 18.2 Å². The number of rotatable bonds is 2. The van der Waals surface area contributed by atoms with Crippen LogP contribution in [0.25, 0.3) is 0 Å². The third-order valence-electron chi connectivity index (χ3n) is 4.17. The van der Waals surface area contributed by atoms with E-state index in [9.17, 15) is 4.39 Å². The zero-order valence-electron chi connectivity index (χ0n) is 10.4. The molecule has 1 aromatic rings. The van der Waals surface area contributed by atoms with Crippen LogP contribution < -0.4 is 4.90 Å². The number of piperazine rings is 1. The van der Waals surface area contributed by atoms with Crippen LogP contribution >= 0.6 is 11.6 Å². The number of benzene rings is 1. The van der Waals surface area contributed by atoms with Gasteiger partial charge in [-0.15, -0.1) is 0 Å². The Balaban J connectivity index is 1.62. The second-order valence-corrected chi connectivity index (χ2v) is 5.61. The minimum absolute atomic E-state index is 0.217. The molecule has 0 radical (unpaired) electrons. The van der Waals surface area contributed by atoms with Crippen molar-refractivity contribution >= 4 is 17.3 Å². The second kappa shape index (κ2) is 5.06. The zero-order valence-corrected chi connectivity index (χ0v) is 11.2. The highest BCUT2D eigenvalue weighted by Gasteiger charge is 2.27. The molecule has 1 aliphatic heterocycles. The Morgan fingerprint density at radius 2 is 1.83 bits per heavy atom. The summed E-state index contributed by atoms with van der Waals surface area (Å²) >= 11 is 5.83. The van der Waals surface area contributed by atoms with Gasteiger partial charge in [0.25, 0.3) is 0 Å². The molecule has 98 valence electrons. The number of anilines is 1. The molecule has 0 N–H and O–H groups in total. The lowest BCUT2D eigenvalue weighted by atomic mass is 9.91. The van der Waals surface area contributed by atoms with E-state index in [-0.39, 0.29) is 10.8 Å². The van der Waals surface area contributed by atoms with Crippen molar-refractivity contribution in [2.45, 2.75) is 25.3 Å². The van der Waals surface area contributed by atoms with Gasteiger partial charge in [-0.1, -0.05) is 18.0 Å². The summed E-state index contributed by atoms with van der Waals surface area (Å²) in [6.45, 7) is 4.25. The molecule has 1 aliphatic carbocycles. The standard InChI is InChI=1S/C14H18ClFN2/c15-13-10-12(4-5-14(13)16)18-8-6-17(7-9-18)11-2-1-3-11/h4-5,10-11H,1-3,6-9H2. The van der Waals surface area contributed by atoms with Gasteiger partial charge in [-0.2, -0.15) is 0 Å². The van der Waals surface area contributed by atoms with Crippen molar-refractivity contribution in [1.82, 2.24) is 4.90 Å². The van der Waals surface area contributed by atoms with Crippen LogP contribution in [0, 0.1) is 5.82 Å². The number of nitrogens with zero attached hydrogens (tertiary/aromatic N) is 2. The maximum Gasteiger partial charge on any atom is 0.141 e. The second-order valence-electron chi connectivity index (χ2n) is 5.21. The molecule has 0 unspecified atom stereocenters. The Hall–Kier alpha value is -0.800. The van der Waals surface area contributed by atoms with E-state index in [1.165, 1.54) is 25.3 Å². The van der Waals surface area contributed by atoms with Crippen LogP contribution in [0.2, 0.25) is 5.02 Å². The lowest BCUT2D eigenvalue weighted by Gasteiger charge is -2.43. The summed E-state index contributed by atoms with van der Waals surface area (Å²) in [6, 6.07) is 5.83. The molecule has 2 aliphatic rings. The van der Waals surface area contributed by atoms with E-state index in [0.29, 0.717) is 0 Å². The molecule has 0 aromatic heterocycles. The van der Waals surface area contributed by atoms with Crippen LogP contribution in [0.1, 0.15) is 19.3 Å². The summed E-state index contributed by atoms with van der Waals surface area (Å²) in [5, 5.41) is 0.217. The first-order chi connectivity index (χ1) is 8.74. The molecule has 3 rings (SSSR count). The van der Waals surface area contributed by atoms with Crippen LogP contribution in [-0.2, 0) is 0 Å². The molecule has 0 spiro atoms. The molecule has 2 fully saturated rings. The third-order valence-corrected chi connectivity index (χ3v) is 4.46. The molecule has 1 saturated heterocycles. The summed E-state index contributed by atoms with van der Waals surface area (Å²) < 4.78 is 13.1. The van der Waals surface area contributed by atoms with Gasteiger partial charge in [-0.3, -0.25) is 4.90 Å². The fraction of sp³-hybridized carbons (Fsp3) is 0.571. The quantitative estimate of drug-likeness (QED) is 0.813. The van der Waals surface area contributed by atoms with Crippen molar-refractivity contribution in [3.63, 3.8) is 0 Å². The monoisotopic (exact) mass is 268 g/mol. The smallest absolute Gasteiger partial charge is 0.141 e. The fourth-order valence-corrected chi connectivity index (χ4v) is 2.95. The van der Waals surface area contributed by atoms with E-state index >= 15 is 0 Å². The molecule has 2 nitrogen and oxygen atoms in total. The first-order valence-electron chi connectivity index (χ1n) is 6.68. The SMILES string of the molecule is Fc1ccc(N2CCN(C3CCC3)CC2)cc1Cl. The zero-order chi connectivity index (χ0) is 12.5. The third kappa shape index (κ3) is 2.34. The molecule has 1 heterocycles. The normalized spacial score (nSPS) is 22.0. The van der Waals surface area contributed by atoms with Crippen molar-refractivity contribution < 1.29 is 4.39 Å². The highest BCUT2D eigenvalue weighted by molar-refractivity contribution is 6.31. The Bertz CT molecular complexity index is 426. The maximum atomic E-state index is 13.1. The molecular formula is C14H18ClFN2. The molecule has 0 bridgehead atoms. The summed E-state index contributed by atoms with van der Waals surface area (Å²) in [7, 11) is 0. The van der Waals surface area contributed by atoms with Crippen molar-refractivity contribution in [2.24, 2.45) is 0 Å². The van der Waals surface area contributed by atoms with Gasteiger partial charge < -0.3 is 4.90 Å². The average molecular weight is 269 g/mol. The summed E-state index contributed by atoms with van der Waals surface area (Å²) in [5.41, 5.74) is 1.04. The van der Waals surface area contributed by atoms with Gasteiger partial charge in [0, 0.05) is 37.9 Å². The Morgan fingerprint density at radius 3 is 2.39 bits per heavy atom. The van der Waals surface area contributed by atoms with E-state index < -0.39 is 0 Å². The van der Waals surface area contributed by atoms with Gasteiger partial charge in [0.1, 0.15) is 5.82 Å². The summed E-state index contributed by atoms with van der Waals surface area (Å²) in [5.74, 6) is -0.339. The summed E-state index contributed by atoms with van der Waals surface area (Å²) in [4.78, 5) is 4.88. The molecule has 0 amide bonds. The van der Waals surface area contributed by atoms with Crippen LogP contribution in [-0.4, -0.2) is 37.1 Å². The van der Waals surface area contributed by atoms with Crippen LogP contribution in [0.4, 0.5) is 10.1 Å². The predicted octanol–water partition coefficient (Wildman–Crippen LogP) is 3.15. The van der Waals surface area contributed by atoms with Gasteiger partial charge in [0.05, 0.1) is 5.02 Å². The number of hydrogen-bond donors (Lipinski definition) is 0. The number of hydrogen-bond acceptors (Lipinski definition) is 2. The Kier molecular flexibility index (Phi) is 3.44. The molecule has 1 saturated carbocycles. The molecule has 1 aromatic carbocycles. The lowest BCUT2D eigenvalue weighted by molar-refractivity contribution is 0.120. The minimum Gasteiger partial charge on any atom is -0.369 e. The summed E-state index contributed by atoms with van der Waals surface area (Å²) in [6.07, 6.45) is 4.11. The molecule has 18 heavy (non-hydrogen) atoms. The van der Waals surface area contributed by atoms with E-state index in [1.807, 2.05) is 6.07 Å². The molecular weight excluding hydrogens is 251 g/mol. The largest absolute Gasteiger partial charge is 0.369 e. The van der Waals surface area contributed by atoms with Gasteiger partial charge in [-0.25, -0.2) is 4.39 Å². The predicted molar refractivity (Wildman–Crippen MR) is 72.8 cm³/mol. The van der Waals surface area contributed by atoms with Gasteiger partial charge in [0.15, 0.2) is 0 Å². The topological polar surface area (TPSA) is 6.48 Å². The number of halogens is 2. The fourth-order valence-electron chi connectivity index (χ4n) is 2.78. The van der Waals surface area contributed by atoms with Gasteiger partial charge in [0.2, 0.25) is 0 Å².